The Bertz CT molecular complexity index is 316. The number of hydrogen-bond acceptors (Lipinski definition) is 2. The first kappa shape index (κ1) is 12.0. The normalized spacial score (nSPS) is 20.3. The molecule has 0 radical (unpaired) electrons. The van der Waals surface area contributed by atoms with Crippen LogP contribution in [0.3, 0.4) is 0 Å². The Balaban J connectivity index is 0.00000112. The smallest absolute Gasteiger partial charge is 0.237 e. The maximum atomic E-state index is 11.4. The van der Waals surface area contributed by atoms with Crippen LogP contribution in [0, 0.1) is 0 Å². The van der Waals surface area contributed by atoms with Gasteiger partial charge in [0.1, 0.15) is 0 Å². The van der Waals surface area contributed by atoms with E-state index in [1.165, 1.54) is 5.56 Å². The monoisotopic (exact) mass is 226 g/mol. The second-order valence-corrected chi connectivity index (χ2v) is 3.49. The predicted molar refractivity (Wildman–Crippen MR) is 62.2 cm³/mol. The van der Waals surface area contributed by atoms with Gasteiger partial charge >= 0.3 is 0 Å². The van der Waals surface area contributed by atoms with Crippen molar-refractivity contribution in [3.05, 3.63) is 35.9 Å². The van der Waals surface area contributed by atoms with Crippen molar-refractivity contribution >= 4 is 18.3 Å². The van der Waals surface area contributed by atoms with Crippen molar-refractivity contribution in [1.29, 1.82) is 0 Å². The molecule has 0 unspecified atom stereocenters. The van der Waals surface area contributed by atoms with Gasteiger partial charge < -0.3 is 10.6 Å². The molecular formula is C11H15ClN2O. The van der Waals surface area contributed by atoms with E-state index in [4.69, 9.17) is 0 Å². The second-order valence-electron chi connectivity index (χ2n) is 3.49. The van der Waals surface area contributed by atoms with Gasteiger partial charge in [0.05, 0.1) is 6.04 Å². The van der Waals surface area contributed by atoms with E-state index in [1.54, 1.807) is 0 Å². The molecule has 1 amide bonds. The number of nitrogens with one attached hydrogen (secondary N) is 2. The molecule has 2 N–H and O–H groups in total. The van der Waals surface area contributed by atoms with Crippen LogP contribution in [0.4, 0.5) is 0 Å². The summed E-state index contributed by atoms with van der Waals surface area (Å²) >= 11 is 0. The lowest BCUT2D eigenvalue weighted by molar-refractivity contribution is -0.124. The Morgan fingerprint density at radius 1 is 1.20 bits per heavy atom. The van der Waals surface area contributed by atoms with E-state index in [1.807, 2.05) is 30.3 Å². The highest BCUT2D eigenvalue weighted by atomic mass is 35.5. The zero-order chi connectivity index (χ0) is 9.80. The van der Waals surface area contributed by atoms with Crippen LogP contribution in [0.5, 0.6) is 0 Å². The van der Waals surface area contributed by atoms with Crippen LogP contribution in [0.15, 0.2) is 30.3 Å². The standard InChI is InChI=1S/C11H14N2O.ClH/c14-11-10(12-6-7-13-11)8-9-4-2-1-3-5-9;/h1-5,10,12H,6-8H2,(H,13,14);1H/t10-;/m1./s1. The summed E-state index contributed by atoms with van der Waals surface area (Å²) in [5.74, 6) is 0.111. The van der Waals surface area contributed by atoms with Crippen LogP contribution in [0.1, 0.15) is 5.56 Å². The maximum Gasteiger partial charge on any atom is 0.237 e. The molecule has 1 aliphatic rings. The van der Waals surface area contributed by atoms with Crippen LogP contribution in [0.25, 0.3) is 0 Å². The SMILES string of the molecule is Cl.O=C1NCCN[C@@H]1Cc1ccccc1. The van der Waals surface area contributed by atoms with Gasteiger partial charge in [0, 0.05) is 13.1 Å². The van der Waals surface area contributed by atoms with Gasteiger partial charge in [0.2, 0.25) is 5.91 Å². The third-order valence-electron chi connectivity index (χ3n) is 2.41. The largest absolute Gasteiger partial charge is 0.353 e. The minimum atomic E-state index is -0.0638. The molecule has 1 aromatic rings. The molecule has 0 saturated carbocycles. The van der Waals surface area contributed by atoms with Crippen LogP contribution in [-0.2, 0) is 11.2 Å². The molecule has 1 saturated heterocycles. The number of halogens is 1. The van der Waals surface area contributed by atoms with Gasteiger partial charge in [0.25, 0.3) is 0 Å². The highest BCUT2D eigenvalue weighted by Crippen LogP contribution is 2.04. The van der Waals surface area contributed by atoms with Gasteiger partial charge in [-0.3, -0.25) is 4.79 Å². The first-order valence-electron chi connectivity index (χ1n) is 4.91. The number of hydrogen-bond donors (Lipinski definition) is 2. The summed E-state index contributed by atoms with van der Waals surface area (Å²) in [5, 5.41) is 6.06. The summed E-state index contributed by atoms with van der Waals surface area (Å²) < 4.78 is 0. The van der Waals surface area contributed by atoms with Crippen LogP contribution in [0.2, 0.25) is 0 Å². The van der Waals surface area contributed by atoms with Crippen molar-refractivity contribution in [3.8, 4) is 0 Å². The average Bonchev–Trinajstić information content (AvgIpc) is 2.23. The Morgan fingerprint density at radius 3 is 2.60 bits per heavy atom. The van der Waals surface area contributed by atoms with E-state index in [-0.39, 0.29) is 24.4 Å². The summed E-state index contributed by atoms with van der Waals surface area (Å²) in [4.78, 5) is 11.4. The first-order chi connectivity index (χ1) is 6.86. The zero-order valence-corrected chi connectivity index (χ0v) is 9.22. The molecule has 1 aromatic carbocycles. The van der Waals surface area contributed by atoms with Gasteiger partial charge in [-0.15, -0.1) is 12.4 Å². The number of amides is 1. The molecule has 1 fully saturated rings. The number of benzene rings is 1. The molecular weight excluding hydrogens is 212 g/mol. The fraction of sp³-hybridized carbons (Fsp3) is 0.364. The van der Waals surface area contributed by atoms with Crippen molar-refractivity contribution in [2.45, 2.75) is 12.5 Å². The highest BCUT2D eigenvalue weighted by Gasteiger charge is 2.20. The molecule has 1 aliphatic heterocycles. The molecule has 0 aliphatic carbocycles. The van der Waals surface area contributed by atoms with Gasteiger partial charge in [-0.05, 0) is 12.0 Å². The number of piperazine rings is 1. The highest BCUT2D eigenvalue weighted by molar-refractivity contribution is 5.85. The molecule has 0 bridgehead atoms. The lowest BCUT2D eigenvalue weighted by atomic mass is 10.0. The van der Waals surface area contributed by atoms with Crippen LogP contribution >= 0.6 is 12.4 Å². The van der Waals surface area contributed by atoms with E-state index in [9.17, 15) is 4.79 Å². The first-order valence-corrected chi connectivity index (χ1v) is 4.91. The predicted octanol–water partition coefficient (Wildman–Crippen LogP) is 0.739. The summed E-state index contributed by atoms with van der Waals surface area (Å²) in [5.41, 5.74) is 1.20. The van der Waals surface area contributed by atoms with Gasteiger partial charge in [0.15, 0.2) is 0 Å². The molecule has 3 nitrogen and oxygen atoms in total. The van der Waals surface area contributed by atoms with Crippen molar-refractivity contribution in [1.82, 2.24) is 10.6 Å². The number of carbonyl (C=O) groups is 1. The molecule has 15 heavy (non-hydrogen) atoms. The van der Waals surface area contributed by atoms with Gasteiger partial charge in [-0.2, -0.15) is 0 Å². The van der Waals surface area contributed by atoms with E-state index < -0.39 is 0 Å². The summed E-state index contributed by atoms with van der Waals surface area (Å²) in [7, 11) is 0. The number of rotatable bonds is 2. The third kappa shape index (κ3) is 3.22. The fourth-order valence-corrected chi connectivity index (χ4v) is 1.66. The Morgan fingerprint density at radius 2 is 1.93 bits per heavy atom. The summed E-state index contributed by atoms with van der Waals surface area (Å²) in [6.45, 7) is 1.60. The van der Waals surface area contributed by atoms with Crippen molar-refractivity contribution in [2.24, 2.45) is 0 Å². The van der Waals surface area contributed by atoms with Crippen LogP contribution < -0.4 is 10.6 Å². The van der Waals surface area contributed by atoms with Crippen molar-refractivity contribution in [3.63, 3.8) is 0 Å². The van der Waals surface area contributed by atoms with Gasteiger partial charge in [-0.25, -0.2) is 0 Å². The van der Waals surface area contributed by atoms with E-state index in [0.717, 1.165) is 19.5 Å². The third-order valence-corrected chi connectivity index (χ3v) is 2.41. The van der Waals surface area contributed by atoms with E-state index in [0.29, 0.717) is 0 Å². The molecule has 0 spiro atoms. The minimum Gasteiger partial charge on any atom is -0.353 e. The average molecular weight is 227 g/mol. The van der Waals surface area contributed by atoms with Crippen molar-refractivity contribution < 1.29 is 4.79 Å². The molecule has 1 heterocycles. The molecule has 4 heteroatoms. The molecule has 2 rings (SSSR count). The fourth-order valence-electron chi connectivity index (χ4n) is 1.66. The number of carbonyl (C=O) groups excluding carboxylic acids is 1. The molecule has 0 aromatic heterocycles. The topological polar surface area (TPSA) is 41.1 Å². The Kier molecular flexibility index (Phi) is 4.59. The van der Waals surface area contributed by atoms with Crippen LogP contribution in [-0.4, -0.2) is 25.0 Å². The molecule has 1 atom stereocenters. The lowest BCUT2D eigenvalue weighted by Crippen LogP contribution is -2.53. The second kappa shape index (κ2) is 5.73. The zero-order valence-electron chi connectivity index (χ0n) is 8.40. The Labute approximate surface area is 95.7 Å². The minimum absolute atomic E-state index is 0. The lowest BCUT2D eigenvalue weighted by Gasteiger charge is -2.23. The summed E-state index contributed by atoms with van der Waals surface area (Å²) in [6, 6.07) is 10.0. The van der Waals surface area contributed by atoms with E-state index in [2.05, 4.69) is 10.6 Å². The quantitative estimate of drug-likeness (QED) is 0.781. The maximum absolute atomic E-state index is 11.4. The summed E-state index contributed by atoms with van der Waals surface area (Å²) in [6.07, 6.45) is 0.771. The Hall–Kier alpha value is -1.06. The van der Waals surface area contributed by atoms with Gasteiger partial charge in [-0.1, -0.05) is 30.3 Å². The molecule has 82 valence electrons. The van der Waals surface area contributed by atoms with E-state index >= 15 is 0 Å². The van der Waals surface area contributed by atoms with Crippen molar-refractivity contribution in [2.75, 3.05) is 13.1 Å².